The number of nitrogens with zero attached hydrogens (tertiary/aromatic N) is 1. The lowest BCUT2D eigenvalue weighted by Gasteiger charge is -2.27. The molecule has 0 spiro atoms. The van der Waals surface area contributed by atoms with Gasteiger partial charge in [0.25, 0.3) is 0 Å². The number of hydrogen-bond donors (Lipinski definition) is 2. The molecule has 1 rings (SSSR count). The van der Waals surface area contributed by atoms with E-state index in [1.54, 1.807) is 4.90 Å². The first-order chi connectivity index (χ1) is 7.02. The van der Waals surface area contributed by atoms with Gasteiger partial charge in [-0.3, -0.25) is 9.59 Å². The number of primary amides is 1. The van der Waals surface area contributed by atoms with Gasteiger partial charge in [-0.2, -0.15) is 0 Å². The smallest absolute Gasteiger partial charge is 0.237 e. The third kappa shape index (κ3) is 3.20. The maximum atomic E-state index is 12.0. The normalized spacial score (nSPS) is 20.6. The van der Waals surface area contributed by atoms with Gasteiger partial charge < -0.3 is 16.0 Å². The first-order valence-corrected chi connectivity index (χ1v) is 5.32. The molecule has 1 aliphatic rings. The summed E-state index contributed by atoms with van der Waals surface area (Å²) in [5.41, 5.74) is 5.12. The Kier molecular flexibility index (Phi) is 4.08. The van der Waals surface area contributed by atoms with Crippen molar-refractivity contribution < 1.29 is 9.59 Å². The molecule has 1 heterocycles. The van der Waals surface area contributed by atoms with E-state index in [4.69, 9.17) is 5.73 Å². The van der Waals surface area contributed by atoms with Crippen molar-refractivity contribution >= 4 is 11.8 Å². The van der Waals surface area contributed by atoms with Crippen LogP contribution < -0.4 is 11.1 Å². The van der Waals surface area contributed by atoms with Crippen molar-refractivity contribution in [3.8, 4) is 0 Å². The Balaban J connectivity index is 2.61. The second-order valence-electron chi connectivity index (χ2n) is 4.22. The Bertz CT molecular complexity index is 247. The largest absolute Gasteiger partial charge is 0.368 e. The Morgan fingerprint density at radius 1 is 1.53 bits per heavy atom. The Hall–Kier alpha value is -1.10. The molecule has 0 radical (unpaired) electrons. The molecule has 1 aliphatic heterocycles. The monoisotopic (exact) mass is 213 g/mol. The lowest BCUT2D eigenvalue weighted by Crippen LogP contribution is -2.46. The molecule has 0 bridgehead atoms. The highest BCUT2D eigenvalue weighted by atomic mass is 16.2. The van der Waals surface area contributed by atoms with Gasteiger partial charge in [-0.25, -0.2) is 0 Å². The minimum Gasteiger partial charge on any atom is -0.368 e. The zero-order valence-corrected chi connectivity index (χ0v) is 9.32. The number of carbonyl (C=O) groups is 2. The van der Waals surface area contributed by atoms with Gasteiger partial charge in [-0.1, -0.05) is 0 Å². The molecule has 0 aromatic rings. The van der Waals surface area contributed by atoms with Crippen molar-refractivity contribution in [2.24, 2.45) is 11.7 Å². The Morgan fingerprint density at radius 2 is 2.20 bits per heavy atom. The summed E-state index contributed by atoms with van der Waals surface area (Å²) in [7, 11) is 0. The average Bonchev–Trinajstić information content (AvgIpc) is 2.65. The number of hydrogen-bond acceptors (Lipinski definition) is 3. The molecule has 0 saturated carbocycles. The molecule has 15 heavy (non-hydrogen) atoms. The van der Waals surface area contributed by atoms with Gasteiger partial charge in [0, 0.05) is 12.6 Å². The molecule has 1 saturated heterocycles. The lowest BCUT2D eigenvalue weighted by molar-refractivity contribution is -0.140. The Morgan fingerprint density at radius 3 is 2.60 bits per heavy atom. The van der Waals surface area contributed by atoms with Crippen LogP contribution in [0, 0.1) is 5.92 Å². The second-order valence-corrected chi connectivity index (χ2v) is 4.22. The van der Waals surface area contributed by atoms with Crippen LogP contribution >= 0.6 is 0 Å². The second kappa shape index (κ2) is 5.11. The summed E-state index contributed by atoms with van der Waals surface area (Å²) < 4.78 is 0. The number of nitrogens with one attached hydrogen (secondary N) is 1. The zero-order chi connectivity index (χ0) is 11.4. The molecule has 5 nitrogen and oxygen atoms in total. The molecule has 5 heteroatoms. The maximum Gasteiger partial charge on any atom is 0.237 e. The van der Waals surface area contributed by atoms with E-state index in [1.807, 2.05) is 13.8 Å². The van der Waals surface area contributed by atoms with Gasteiger partial charge in [0.05, 0.1) is 12.5 Å². The van der Waals surface area contributed by atoms with Gasteiger partial charge in [0.15, 0.2) is 0 Å². The first-order valence-electron chi connectivity index (χ1n) is 5.32. The van der Waals surface area contributed by atoms with Gasteiger partial charge >= 0.3 is 0 Å². The minimum atomic E-state index is -0.456. The van der Waals surface area contributed by atoms with Crippen molar-refractivity contribution in [2.45, 2.75) is 26.3 Å². The van der Waals surface area contributed by atoms with E-state index in [0.29, 0.717) is 6.54 Å². The molecular formula is C10H19N3O2. The van der Waals surface area contributed by atoms with Crippen LogP contribution in [0.2, 0.25) is 0 Å². The summed E-state index contributed by atoms with van der Waals surface area (Å²) in [5, 5.41) is 3.14. The fourth-order valence-corrected chi connectivity index (χ4v) is 1.78. The van der Waals surface area contributed by atoms with E-state index in [0.717, 1.165) is 13.0 Å². The van der Waals surface area contributed by atoms with E-state index in [2.05, 4.69) is 5.32 Å². The van der Waals surface area contributed by atoms with E-state index in [-0.39, 0.29) is 24.4 Å². The summed E-state index contributed by atoms with van der Waals surface area (Å²) in [6, 6.07) is 0.0191. The van der Waals surface area contributed by atoms with E-state index < -0.39 is 5.91 Å². The number of rotatable bonds is 4. The third-order valence-electron chi connectivity index (χ3n) is 2.64. The maximum absolute atomic E-state index is 12.0. The third-order valence-corrected chi connectivity index (χ3v) is 2.64. The molecule has 2 amide bonds. The molecule has 3 N–H and O–H groups in total. The van der Waals surface area contributed by atoms with Crippen LogP contribution in [-0.4, -0.2) is 42.4 Å². The molecule has 86 valence electrons. The van der Waals surface area contributed by atoms with E-state index >= 15 is 0 Å². The molecule has 0 aromatic heterocycles. The fourth-order valence-electron chi connectivity index (χ4n) is 1.78. The van der Waals surface area contributed by atoms with Crippen molar-refractivity contribution in [1.29, 1.82) is 0 Å². The first kappa shape index (κ1) is 12.0. The molecule has 0 aromatic carbocycles. The SMILES string of the molecule is CC(C)N(CC(N)=O)C(=O)[C@H]1CCNC1. The lowest BCUT2D eigenvalue weighted by atomic mass is 10.1. The molecule has 1 atom stereocenters. The summed E-state index contributed by atoms with van der Waals surface area (Å²) >= 11 is 0. The molecular weight excluding hydrogens is 194 g/mol. The van der Waals surface area contributed by atoms with E-state index in [1.165, 1.54) is 0 Å². The van der Waals surface area contributed by atoms with Crippen LogP contribution in [0.25, 0.3) is 0 Å². The highest BCUT2D eigenvalue weighted by molar-refractivity contribution is 5.85. The van der Waals surface area contributed by atoms with Crippen LogP contribution in [0.3, 0.4) is 0 Å². The van der Waals surface area contributed by atoms with Crippen molar-refractivity contribution in [3.63, 3.8) is 0 Å². The topological polar surface area (TPSA) is 75.4 Å². The summed E-state index contributed by atoms with van der Waals surface area (Å²) in [6.07, 6.45) is 0.848. The quantitative estimate of drug-likeness (QED) is 0.649. The fraction of sp³-hybridized carbons (Fsp3) is 0.800. The molecule has 1 fully saturated rings. The van der Waals surface area contributed by atoms with Crippen molar-refractivity contribution in [2.75, 3.05) is 19.6 Å². The van der Waals surface area contributed by atoms with Gasteiger partial charge in [-0.15, -0.1) is 0 Å². The highest BCUT2D eigenvalue weighted by Crippen LogP contribution is 2.13. The number of amides is 2. The summed E-state index contributed by atoms with van der Waals surface area (Å²) in [4.78, 5) is 24.4. The van der Waals surface area contributed by atoms with Gasteiger partial charge in [-0.05, 0) is 26.8 Å². The predicted octanol–water partition coefficient (Wildman–Crippen LogP) is -0.682. The molecule has 0 aliphatic carbocycles. The zero-order valence-electron chi connectivity index (χ0n) is 9.32. The minimum absolute atomic E-state index is 0.00625. The van der Waals surface area contributed by atoms with Crippen LogP contribution in [0.15, 0.2) is 0 Å². The summed E-state index contributed by atoms with van der Waals surface area (Å²) in [5.74, 6) is -0.413. The van der Waals surface area contributed by atoms with Crippen LogP contribution in [0.5, 0.6) is 0 Å². The van der Waals surface area contributed by atoms with Crippen molar-refractivity contribution in [1.82, 2.24) is 10.2 Å². The predicted molar refractivity (Wildman–Crippen MR) is 57.0 cm³/mol. The number of carbonyl (C=O) groups excluding carboxylic acids is 2. The highest BCUT2D eigenvalue weighted by Gasteiger charge is 2.29. The number of nitrogens with two attached hydrogens (primary N) is 1. The van der Waals surface area contributed by atoms with Crippen LogP contribution in [0.1, 0.15) is 20.3 Å². The van der Waals surface area contributed by atoms with Gasteiger partial charge in [0.2, 0.25) is 11.8 Å². The standard InChI is InChI=1S/C10H19N3O2/c1-7(2)13(6-9(11)14)10(15)8-3-4-12-5-8/h7-8,12H,3-6H2,1-2H3,(H2,11,14)/t8-/m0/s1. The van der Waals surface area contributed by atoms with E-state index in [9.17, 15) is 9.59 Å². The van der Waals surface area contributed by atoms with Crippen molar-refractivity contribution in [3.05, 3.63) is 0 Å². The van der Waals surface area contributed by atoms with Gasteiger partial charge in [0.1, 0.15) is 0 Å². The van der Waals surface area contributed by atoms with Crippen LogP contribution in [-0.2, 0) is 9.59 Å². The summed E-state index contributed by atoms with van der Waals surface area (Å²) in [6.45, 7) is 5.39. The molecule has 0 unspecified atom stereocenters. The van der Waals surface area contributed by atoms with Crippen LogP contribution in [0.4, 0.5) is 0 Å². The Labute approximate surface area is 90.0 Å². The average molecular weight is 213 g/mol.